The van der Waals surface area contributed by atoms with E-state index in [0.29, 0.717) is 22.3 Å². The number of halogens is 3. The maximum atomic E-state index is 11.1. The van der Waals surface area contributed by atoms with E-state index in [-0.39, 0.29) is 17.5 Å². The van der Waals surface area contributed by atoms with Crippen molar-refractivity contribution in [3.05, 3.63) is 27.2 Å². The Hall–Kier alpha value is -0.640. The first-order valence-electron chi connectivity index (χ1n) is 4.59. The summed E-state index contributed by atoms with van der Waals surface area (Å²) in [5, 5.41) is 3.74. The van der Waals surface area contributed by atoms with E-state index in [0.717, 1.165) is 0 Å². The number of benzene rings is 1. The maximum Gasteiger partial charge on any atom is 0.325 e. The molecule has 0 atom stereocenters. The molecule has 0 aliphatic rings. The van der Waals surface area contributed by atoms with Gasteiger partial charge in [-0.3, -0.25) is 4.79 Å². The van der Waals surface area contributed by atoms with Crippen molar-refractivity contribution in [3.8, 4) is 0 Å². The van der Waals surface area contributed by atoms with Crippen LogP contribution in [0.4, 0.5) is 5.69 Å². The van der Waals surface area contributed by atoms with Crippen molar-refractivity contribution in [3.63, 3.8) is 0 Å². The van der Waals surface area contributed by atoms with Gasteiger partial charge >= 0.3 is 5.97 Å². The van der Waals surface area contributed by atoms with E-state index >= 15 is 0 Å². The van der Waals surface area contributed by atoms with E-state index in [1.165, 1.54) is 0 Å². The molecule has 0 spiro atoms. The van der Waals surface area contributed by atoms with E-state index in [1.54, 1.807) is 19.1 Å². The number of anilines is 1. The van der Waals surface area contributed by atoms with Crippen molar-refractivity contribution in [2.75, 3.05) is 18.5 Å². The van der Waals surface area contributed by atoms with Crippen LogP contribution in [0.3, 0.4) is 0 Å². The molecule has 0 unspecified atom stereocenters. The minimum absolute atomic E-state index is 0.0333. The van der Waals surface area contributed by atoms with E-state index in [4.69, 9.17) is 39.5 Å². The second-order valence-electron chi connectivity index (χ2n) is 2.88. The molecule has 1 aromatic carbocycles. The quantitative estimate of drug-likeness (QED) is 0.677. The number of hydrogen-bond acceptors (Lipinski definition) is 3. The highest BCUT2D eigenvalue weighted by Gasteiger charge is 2.09. The molecule has 0 amide bonds. The minimum atomic E-state index is -0.357. The van der Waals surface area contributed by atoms with Crippen LogP contribution < -0.4 is 5.32 Å². The first-order valence-corrected chi connectivity index (χ1v) is 5.72. The van der Waals surface area contributed by atoms with Crippen molar-refractivity contribution in [2.45, 2.75) is 6.92 Å². The lowest BCUT2D eigenvalue weighted by Crippen LogP contribution is -2.16. The van der Waals surface area contributed by atoms with Crippen LogP contribution in [0.1, 0.15) is 6.92 Å². The molecule has 0 heterocycles. The van der Waals surface area contributed by atoms with Crippen molar-refractivity contribution < 1.29 is 9.53 Å². The van der Waals surface area contributed by atoms with Gasteiger partial charge in [-0.25, -0.2) is 0 Å². The summed E-state index contributed by atoms with van der Waals surface area (Å²) in [5.41, 5.74) is 0.545. The highest BCUT2D eigenvalue weighted by Crippen LogP contribution is 2.35. The molecule has 0 aliphatic carbocycles. The zero-order chi connectivity index (χ0) is 12.1. The summed E-state index contributed by atoms with van der Waals surface area (Å²) in [7, 11) is 0. The Morgan fingerprint density at radius 2 is 2.00 bits per heavy atom. The lowest BCUT2D eigenvalue weighted by molar-refractivity contribution is -0.140. The SMILES string of the molecule is CCOC(=O)CNc1ccc(Cl)c(Cl)c1Cl. The van der Waals surface area contributed by atoms with Gasteiger partial charge in [0.2, 0.25) is 0 Å². The molecule has 0 radical (unpaired) electrons. The summed E-state index contributed by atoms with van der Waals surface area (Å²) in [5.74, 6) is -0.357. The van der Waals surface area contributed by atoms with Crippen LogP contribution in [0.2, 0.25) is 15.1 Å². The third kappa shape index (κ3) is 3.44. The smallest absolute Gasteiger partial charge is 0.325 e. The Bertz CT molecular complexity index is 396. The van der Waals surface area contributed by atoms with Gasteiger partial charge in [0.25, 0.3) is 0 Å². The average molecular weight is 283 g/mol. The van der Waals surface area contributed by atoms with Crippen LogP contribution in [-0.4, -0.2) is 19.1 Å². The highest BCUT2D eigenvalue weighted by molar-refractivity contribution is 6.49. The number of esters is 1. The van der Waals surface area contributed by atoms with Crippen molar-refractivity contribution >= 4 is 46.5 Å². The molecule has 0 fully saturated rings. The number of hydrogen-bond donors (Lipinski definition) is 1. The number of nitrogens with one attached hydrogen (secondary N) is 1. The van der Waals surface area contributed by atoms with Gasteiger partial charge in [-0.1, -0.05) is 34.8 Å². The van der Waals surface area contributed by atoms with Gasteiger partial charge in [0, 0.05) is 0 Å². The molecule has 16 heavy (non-hydrogen) atoms. The van der Waals surface area contributed by atoms with Gasteiger partial charge in [0.15, 0.2) is 0 Å². The van der Waals surface area contributed by atoms with Gasteiger partial charge in [0.05, 0.1) is 27.4 Å². The van der Waals surface area contributed by atoms with Crippen LogP contribution >= 0.6 is 34.8 Å². The van der Waals surface area contributed by atoms with E-state index in [1.807, 2.05) is 0 Å². The van der Waals surface area contributed by atoms with Crippen LogP contribution in [0, 0.1) is 0 Å². The second kappa shape index (κ2) is 6.18. The van der Waals surface area contributed by atoms with Crippen molar-refractivity contribution in [1.29, 1.82) is 0 Å². The van der Waals surface area contributed by atoms with E-state index in [2.05, 4.69) is 5.32 Å². The third-order valence-electron chi connectivity index (χ3n) is 1.76. The molecule has 1 aromatic rings. The Balaban J connectivity index is 2.68. The molecular weight excluding hydrogens is 272 g/mol. The molecule has 0 saturated carbocycles. The molecule has 88 valence electrons. The molecule has 0 aliphatic heterocycles. The molecule has 0 bridgehead atoms. The fraction of sp³-hybridized carbons (Fsp3) is 0.300. The number of ether oxygens (including phenoxy) is 1. The minimum Gasteiger partial charge on any atom is -0.465 e. The Morgan fingerprint density at radius 1 is 1.31 bits per heavy atom. The first-order chi connectivity index (χ1) is 7.56. The fourth-order valence-corrected chi connectivity index (χ4v) is 1.64. The molecular formula is C10H10Cl3NO2. The first kappa shape index (κ1) is 13.4. The second-order valence-corrected chi connectivity index (χ2v) is 4.04. The molecule has 3 nitrogen and oxygen atoms in total. The molecule has 1 N–H and O–H groups in total. The summed E-state index contributed by atoms with van der Waals surface area (Å²) >= 11 is 17.5. The van der Waals surface area contributed by atoms with Gasteiger partial charge in [-0.2, -0.15) is 0 Å². The summed E-state index contributed by atoms with van der Waals surface area (Å²) in [6, 6.07) is 3.25. The predicted octanol–water partition coefficient (Wildman–Crippen LogP) is 3.62. The van der Waals surface area contributed by atoms with Crippen LogP contribution in [0.15, 0.2) is 12.1 Å². The van der Waals surface area contributed by atoms with Crippen LogP contribution in [0.5, 0.6) is 0 Å². The predicted molar refractivity (Wildman–Crippen MR) is 66.6 cm³/mol. The Morgan fingerprint density at radius 3 is 2.62 bits per heavy atom. The van der Waals surface area contributed by atoms with Crippen molar-refractivity contribution in [1.82, 2.24) is 0 Å². The number of carbonyl (C=O) groups is 1. The van der Waals surface area contributed by atoms with Crippen LogP contribution in [0.25, 0.3) is 0 Å². The average Bonchev–Trinajstić information content (AvgIpc) is 2.25. The normalized spacial score (nSPS) is 10.0. The summed E-state index contributed by atoms with van der Waals surface area (Å²) < 4.78 is 4.75. The fourth-order valence-electron chi connectivity index (χ4n) is 1.04. The summed E-state index contributed by atoms with van der Waals surface area (Å²) in [6.45, 7) is 2.12. The van der Waals surface area contributed by atoms with E-state index < -0.39 is 0 Å². The molecule has 0 aromatic heterocycles. The van der Waals surface area contributed by atoms with Gasteiger partial charge < -0.3 is 10.1 Å². The van der Waals surface area contributed by atoms with Crippen LogP contribution in [-0.2, 0) is 9.53 Å². The zero-order valence-corrected chi connectivity index (χ0v) is 10.8. The van der Waals surface area contributed by atoms with Gasteiger partial charge in [-0.15, -0.1) is 0 Å². The summed E-state index contributed by atoms with van der Waals surface area (Å²) in [4.78, 5) is 11.1. The third-order valence-corrected chi connectivity index (χ3v) is 3.06. The maximum absolute atomic E-state index is 11.1. The number of carbonyl (C=O) groups excluding carboxylic acids is 1. The lowest BCUT2D eigenvalue weighted by atomic mass is 10.3. The van der Waals surface area contributed by atoms with Gasteiger partial charge in [0.1, 0.15) is 6.54 Å². The topological polar surface area (TPSA) is 38.3 Å². The van der Waals surface area contributed by atoms with E-state index in [9.17, 15) is 4.79 Å². The lowest BCUT2D eigenvalue weighted by Gasteiger charge is -2.09. The molecule has 1 rings (SSSR count). The van der Waals surface area contributed by atoms with Crippen molar-refractivity contribution in [2.24, 2.45) is 0 Å². The monoisotopic (exact) mass is 281 g/mol. The largest absolute Gasteiger partial charge is 0.465 e. The summed E-state index contributed by atoms with van der Waals surface area (Å²) in [6.07, 6.45) is 0. The standard InChI is InChI=1S/C10H10Cl3NO2/c1-2-16-8(15)5-14-7-4-3-6(11)9(12)10(7)13/h3-4,14H,2,5H2,1H3. The highest BCUT2D eigenvalue weighted by atomic mass is 35.5. The molecule has 0 saturated heterocycles. The zero-order valence-electron chi connectivity index (χ0n) is 8.52. The Kier molecular flexibility index (Phi) is 5.19. The Labute approximate surface area is 109 Å². The van der Waals surface area contributed by atoms with Gasteiger partial charge in [-0.05, 0) is 19.1 Å². The number of rotatable bonds is 4. The molecule has 6 heteroatoms.